The van der Waals surface area contributed by atoms with Crippen LogP contribution < -0.4 is 22.5 Å². The summed E-state index contributed by atoms with van der Waals surface area (Å²) in [5.41, 5.74) is 15.9. The van der Waals surface area contributed by atoms with Gasteiger partial charge in [-0.3, -0.25) is 19.2 Å². The lowest BCUT2D eigenvalue weighted by Gasteiger charge is -2.27. The van der Waals surface area contributed by atoms with Crippen molar-refractivity contribution in [2.45, 2.75) is 82.3 Å². The van der Waals surface area contributed by atoms with Crippen LogP contribution in [-0.2, 0) is 25.6 Å². The predicted octanol–water partition coefficient (Wildman–Crippen LogP) is 1.02. The number of aliphatic carboxylic acids is 1. The van der Waals surface area contributed by atoms with E-state index in [1.54, 1.807) is 30.3 Å². The van der Waals surface area contributed by atoms with E-state index in [2.05, 4.69) is 12.2 Å². The highest BCUT2D eigenvalue weighted by Crippen LogP contribution is 2.16. The van der Waals surface area contributed by atoms with E-state index in [0.717, 1.165) is 31.2 Å². The van der Waals surface area contributed by atoms with Crippen LogP contribution in [0.1, 0.15) is 63.9 Å². The quantitative estimate of drug-likeness (QED) is 0.185. The van der Waals surface area contributed by atoms with Gasteiger partial charge < -0.3 is 27.6 Å². The maximum Gasteiger partial charge on any atom is 0.306 e. The van der Waals surface area contributed by atoms with Gasteiger partial charge in [0.2, 0.25) is 11.8 Å². The molecule has 0 aliphatic rings. The van der Waals surface area contributed by atoms with Crippen molar-refractivity contribution in [1.29, 1.82) is 0 Å². The summed E-state index contributed by atoms with van der Waals surface area (Å²) in [6.07, 6.45) is 4.08. The van der Waals surface area contributed by atoms with Gasteiger partial charge in [-0.1, -0.05) is 56.5 Å². The van der Waals surface area contributed by atoms with Crippen LogP contribution in [0.5, 0.6) is 0 Å². The van der Waals surface area contributed by atoms with E-state index in [1.165, 1.54) is 0 Å². The second kappa shape index (κ2) is 13.6. The van der Waals surface area contributed by atoms with E-state index in [4.69, 9.17) is 17.2 Å². The number of benzene rings is 1. The Morgan fingerprint density at radius 1 is 1.06 bits per heavy atom. The number of carboxylic acids is 1. The average molecular weight is 449 g/mol. The lowest BCUT2D eigenvalue weighted by atomic mass is 9.86. The fourth-order valence-electron chi connectivity index (χ4n) is 3.45. The minimum Gasteiger partial charge on any atom is -0.481 e. The SMILES string of the molecule is CCCCCC(N)CCCC(=O)[C@](N)(CC(=O)O)C(=O)N[C@@H](Cc1ccccc1)C(N)=O. The average Bonchev–Trinajstić information content (AvgIpc) is 2.73. The molecule has 0 saturated carbocycles. The molecule has 0 bridgehead atoms. The molecule has 0 saturated heterocycles. The van der Waals surface area contributed by atoms with Gasteiger partial charge in [0.25, 0.3) is 0 Å². The second-order valence-corrected chi connectivity index (χ2v) is 8.23. The zero-order valence-electron chi connectivity index (χ0n) is 18.7. The summed E-state index contributed by atoms with van der Waals surface area (Å²) >= 11 is 0. The number of primary amides is 1. The number of carbonyl (C=O) groups excluding carboxylic acids is 3. The molecule has 0 fully saturated rings. The van der Waals surface area contributed by atoms with Crippen molar-refractivity contribution in [3.05, 3.63) is 35.9 Å². The molecule has 2 amide bonds. The van der Waals surface area contributed by atoms with E-state index in [0.29, 0.717) is 12.8 Å². The lowest BCUT2D eigenvalue weighted by Crippen LogP contribution is -2.63. The molecule has 0 spiro atoms. The van der Waals surface area contributed by atoms with Crippen molar-refractivity contribution in [3.8, 4) is 0 Å². The van der Waals surface area contributed by atoms with Gasteiger partial charge in [-0.05, 0) is 24.8 Å². The Morgan fingerprint density at radius 3 is 2.25 bits per heavy atom. The van der Waals surface area contributed by atoms with E-state index < -0.39 is 41.6 Å². The van der Waals surface area contributed by atoms with Crippen molar-refractivity contribution >= 4 is 23.6 Å². The summed E-state index contributed by atoms with van der Waals surface area (Å²) in [5.74, 6) is -3.95. The van der Waals surface area contributed by atoms with Crippen molar-refractivity contribution in [3.63, 3.8) is 0 Å². The summed E-state index contributed by atoms with van der Waals surface area (Å²) < 4.78 is 0. The van der Waals surface area contributed by atoms with Crippen LogP contribution >= 0.6 is 0 Å². The maximum absolute atomic E-state index is 12.9. The summed E-state index contributed by atoms with van der Waals surface area (Å²) in [5, 5.41) is 11.6. The summed E-state index contributed by atoms with van der Waals surface area (Å²) in [6, 6.07) is 7.63. The van der Waals surface area contributed by atoms with Gasteiger partial charge in [-0.2, -0.15) is 0 Å². The molecule has 9 heteroatoms. The number of amides is 2. The molecular formula is C23H36N4O5. The van der Waals surface area contributed by atoms with Crippen molar-refractivity contribution in [2.24, 2.45) is 17.2 Å². The van der Waals surface area contributed by atoms with Gasteiger partial charge in [0.05, 0.1) is 6.42 Å². The fraction of sp³-hybridized carbons (Fsp3) is 0.565. The van der Waals surface area contributed by atoms with Crippen LogP contribution in [0.15, 0.2) is 30.3 Å². The van der Waals surface area contributed by atoms with Crippen LogP contribution in [0.25, 0.3) is 0 Å². The third-order valence-electron chi connectivity index (χ3n) is 5.42. The molecule has 0 radical (unpaired) electrons. The Bertz CT molecular complexity index is 771. The molecular weight excluding hydrogens is 412 g/mol. The molecule has 1 rings (SSSR count). The first-order valence-corrected chi connectivity index (χ1v) is 11.0. The number of unbranched alkanes of at least 4 members (excludes halogenated alkanes) is 2. The van der Waals surface area contributed by atoms with Crippen molar-refractivity contribution < 1.29 is 24.3 Å². The summed E-state index contributed by atoms with van der Waals surface area (Å²) in [7, 11) is 0. The van der Waals surface area contributed by atoms with Crippen LogP contribution in [0, 0.1) is 0 Å². The normalized spacial score (nSPS) is 14.7. The Balaban J connectivity index is 2.81. The molecule has 9 nitrogen and oxygen atoms in total. The smallest absolute Gasteiger partial charge is 0.306 e. The van der Waals surface area contributed by atoms with Gasteiger partial charge >= 0.3 is 5.97 Å². The first-order valence-electron chi connectivity index (χ1n) is 11.0. The number of Topliss-reactive ketones (excluding diaryl/α,β-unsaturated/α-hetero) is 1. The first-order chi connectivity index (χ1) is 15.1. The molecule has 32 heavy (non-hydrogen) atoms. The Labute approximate surface area is 189 Å². The van der Waals surface area contributed by atoms with Crippen LogP contribution in [0.4, 0.5) is 0 Å². The predicted molar refractivity (Wildman–Crippen MR) is 121 cm³/mol. The van der Waals surface area contributed by atoms with Crippen LogP contribution in [-0.4, -0.2) is 46.3 Å². The van der Waals surface area contributed by atoms with Crippen molar-refractivity contribution in [1.82, 2.24) is 5.32 Å². The van der Waals surface area contributed by atoms with Gasteiger partial charge in [0, 0.05) is 18.9 Å². The zero-order valence-corrected chi connectivity index (χ0v) is 18.7. The second-order valence-electron chi connectivity index (χ2n) is 8.23. The molecule has 1 unspecified atom stereocenters. The van der Waals surface area contributed by atoms with E-state index in [1.807, 2.05) is 0 Å². The highest BCUT2D eigenvalue weighted by Gasteiger charge is 2.44. The van der Waals surface area contributed by atoms with Gasteiger partial charge in [-0.15, -0.1) is 0 Å². The van der Waals surface area contributed by atoms with Gasteiger partial charge in [-0.25, -0.2) is 0 Å². The Morgan fingerprint density at radius 2 is 1.69 bits per heavy atom. The number of carboxylic acid groups (broad SMARTS) is 1. The monoisotopic (exact) mass is 448 g/mol. The maximum atomic E-state index is 12.9. The summed E-state index contributed by atoms with van der Waals surface area (Å²) in [6.45, 7) is 2.10. The Hall–Kier alpha value is -2.78. The van der Waals surface area contributed by atoms with Crippen molar-refractivity contribution in [2.75, 3.05) is 0 Å². The first kappa shape index (κ1) is 27.3. The molecule has 0 aliphatic heterocycles. The molecule has 8 N–H and O–H groups in total. The number of carbonyl (C=O) groups is 4. The molecule has 0 aromatic heterocycles. The highest BCUT2D eigenvalue weighted by atomic mass is 16.4. The number of ketones is 1. The van der Waals surface area contributed by atoms with E-state index in [-0.39, 0.29) is 18.9 Å². The standard InChI is InChI=1S/C23H36N4O5/c1-2-3-5-11-17(24)12-8-13-19(28)23(26,15-20(29)30)22(32)27-18(21(25)31)14-16-9-6-4-7-10-16/h4,6-7,9-10,17-18H,2-3,5,8,11-15,24,26H2,1H3,(H2,25,31)(H,27,32)(H,29,30)/t17?,18-,23+/m0/s1. The lowest BCUT2D eigenvalue weighted by molar-refractivity contribution is -0.147. The Kier molecular flexibility index (Phi) is 11.6. The number of nitrogens with two attached hydrogens (primary N) is 3. The minimum atomic E-state index is -2.30. The third-order valence-corrected chi connectivity index (χ3v) is 5.42. The highest BCUT2D eigenvalue weighted by molar-refractivity contribution is 6.13. The number of hydrogen-bond donors (Lipinski definition) is 5. The number of hydrogen-bond acceptors (Lipinski definition) is 6. The third kappa shape index (κ3) is 9.15. The van der Waals surface area contributed by atoms with Gasteiger partial charge in [0.15, 0.2) is 11.3 Å². The number of nitrogens with one attached hydrogen (secondary N) is 1. The minimum absolute atomic E-state index is 0.0695. The largest absolute Gasteiger partial charge is 0.481 e. The molecule has 3 atom stereocenters. The molecule has 178 valence electrons. The molecule has 0 heterocycles. The molecule has 1 aromatic carbocycles. The van der Waals surface area contributed by atoms with Gasteiger partial charge in [0.1, 0.15) is 6.04 Å². The summed E-state index contributed by atoms with van der Waals surface area (Å²) in [4.78, 5) is 48.9. The fourth-order valence-corrected chi connectivity index (χ4v) is 3.45. The zero-order chi connectivity index (χ0) is 24.1. The van der Waals surface area contributed by atoms with Crippen LogP contribution in [0.3, 0.4) is 0 Å². The van der Waals surface area contributed by atoms with Crippen LogP contribution in [0.2, 0.25) is 0 Å². The van der Waals surface area contributed by atoms with E-state index in [9.17, 15) is 24.3 Å². The van der Waals surface area contributed by atoms with E-state index >= 15 is 0 Å². The molecule has 1 aromatic rings. The molecule has 0 aliphatic carbocycles. The topological polar surface area (TPSA) is 179 Å². The number of rotatable bonds is 16.